The molecule has 20 heavy (non-hydrogen) atoms. The van der Waals surface area contributed by atoms with Gasteiger partial charge in [0.05, 0.1) is 11.7 Å². The summed E-state index contributed by atoms with van der Waals surface area (Å²) in [6.07, 6.45) is 7.00. The minimum atomic E-state index is 0.573. The summed E-state index contributed by atoms with van der Waals surface area (Å²) in [5.41, 5.74) is 2.06. The van der Waals surface area contributed by atoms with Gasteiger partial charge in [-0.2, -0.15) is 10.1 Å². The molecule has 0 aliphatic rings. The first-order valence-electron chi connectivity index (χ1n) is 6.14. The predicted octanol–water partition coefficient (Wildman–Crippen LogP) is 1.54. The average molecular weight is 265 g/mol. The summed E-state index contributed by atoms with van der Waals surface area (Å²) in [7, 11) is 1.92. The largest absolute Gasteiger partial charge is 0.273 e. The molecule has 7 nitrogen and oxygen atoms in total. The van der Waals surface area contributed by atoms with Gasteiger partial charge in [0.15, 0.2) is 5.82 Å². The Kier molecular flexibility index (Phi) is 2.19. The van der Waals surface area contributed by atoms with E-state index < -0.39 is 0 Å². The number of nitrogens with one attached hydrogen (secondary N) is 1. The summed E-state index contributed by atoms with van der Waals surface area (Å²) in [5.74, 6) is 1.29. The van der Waals surface area contributed by atoms with Gasteiger partial charge < -0.3 is 0 Å². The molecule has 7 heteroatoms. The number of rotatable bonds is 2. The third-order valence-electron chi connectivity index (χ3n) is 3.23. The van der Waals surface area contributed by atoms with E-state index in [1.807, 2.05) is 36.1 Å². The predicted molar refractivity (Wildman–Crippen MR) is 73.2 cm³/mol. The van der Waals surface area contributed by atoms with Crippen LogP contribution in [-0.4, -0.2) is 34.5 Å². The Labute approximate surface area is 113 Å². The zero-order valence-corrected chi connectivity index (χ0v) is 10.7. The smallest absolute Gasteiger partial charge is 0.254 e. The van der Waals surface area contributed by atoms with Crippen molar-refractivity contribution in [1.29, 1.82) is 0 Å². The van der Waals surface area contributed by atoms with E-state index in [4.69, 9.17) is 0 Å². The van der Waals surface area contributed by atoms with Crippen LogP contribution >= 0.6 is 0 Å². The quantitative estimate of drug-likeness (QED) is 0.596. The number of benzene rings is 1. The van der Waals surface area contributed by atoms with Gasteiger partial charge in [-0.15, -0.1) is 5.10 Å². The van der Waals surface area contributed by atoms with Gasteiger partial charge in [-0.25, -0.2) is 4.98 Å². The van der Waals surface area contributed by atoms with Crippen LogP contribution in [0.5, 0.6) is 0 Å². The molecule has 0 atom stereocenters. The highest BCUT2D eigenvalue weighted by Gasteiger charge is 2.08. The zero-order chi connectivity index (χ0) is 13.5. The van der Waals surface area contributed by atoms with Gasteiger partial charge >= 0.3 is 0 Å². The second-order valence-electron chi connectivity index (χ2n) is 4.50. The second-order valence-corrected chi connectivity index (χ2v) is 4.50. The summed E-state index contributed by atoms with van der Waals surface area (Å²) < 4.78 is 3.60. The third kappa shape index (κ3) is 1.60. The van der Waals surface area contributed by atoms with Gasteiger partial charge in [0.1, 0.15) is 6.33 Å². The number of hydrogen-bond acceptors (Lipinski definition) is 4. The minimum absolute atomic E-state index is 0.573. The van der Waals surface area contributed by atoms with Crippen molar-refractivity contribution < 1.29 is 0 Å². The zero-order valence-electron chi connectivity index (χ0n) is 10.7. The van der Waals surface area contributed by atoms with E-state index in [-0.39, 0.29) is 0 Å². The van der Waals surface area contributed by atoms with Crippen molar-refractivity contribution in [1.82, 2.24) is 34.5 Å². The van der Waals surface area contributed by atoms with E-state index in [9.17, 15) is 0 Å². The summed E-state index contributed by atoms with van der Waals surface area (Å²) in [4.78, 5) is 8.45. The standard InChI is InChI=1S/C13H11N7/c1-19-11-3-2-9(6-10(11)7-15-19)12-16-13(18-17-12)20-5-4-14-8-20/h2-8H,1H3,(H,16,17,18). The summed E-state index contributed by atoms with van der Waals surface area (Å²) in [5, 5.41) is 12.4. The Morgan fingerprint density at radius 1 is 1.25 bits per heavy atom. The molecule has 4 rings (SSSR count). The van der Waals surface area contributed by atoms with Crippen LogP contribution in [0.3, 0.4) is 0 Å². The highest BCUT2D eigenvalue weighted by Crippen LogP contribution is 2.21. The van der Waals surface area contributed by atoms with Crippen LogP contribution in [0.15, 0.2) is 43.1 Å². The molecule has 0 saturated heterocycles. The maximum atomic E-state index is 4.47. The number of fused-ring (bicyclic) bond motifs is 1. The topological polar surface area (TPSA) is 77.2 Å². The van der Waals surface area contributed by atoms with Crippen LogP contribution in [0, 0.1) is 0 Å². The molecule has 0 aliphatic heterocycles. The lowest BCUT2D eigenvalue weighted by molar-refractivity contribution is 0.797. The molecule has 1 aromatic carbocycles. The molecule has 0 unspecified atom stereocenters. The molecular weight excluding hydrogens is 254 g/mol. The summed E-state index contributed by atoms with van der Waals surface area (Å²) >= 11 is 0. The highest BCUT2D eigenvalue weighted by atomic mass is 15.3. The van der Waals surface area contributed by atoms with Crippen LogP contribution in [0.2, 0.25) is 0 Å². The number of hydrogen-bond donors (Lipinski definition) is 1. The van der Waals surface area contributed by atoms with Crippen molar-refractivity contribution in [3.63, 3.8) is 0 Å². The van der Waals surface area contributed by atoms with E-state index >= 15 is 0 Å². The van der Waals surface area contributed by atoms with Crippen LogP contribution in [0.25, 0.3) is 28.2 Å². The van der Waals surface area contributed by atoms with Gasteiger partial charge in [0.2, 0.25) is 0 Å². The Morgan fingerprint density at radius 2 is 2.20 bits per heavy atom. The van der Waals surface area contributed by atoms with Crippen LogP contribution in [-0.2, 0) is 7.05 Å². The first-order valence-corrected chi connectivity index (χ1v) is 6.14. The molecule has 3 heterocycles. The van der Waals surface area contributed by atoms with Gasteiger partial charge in [-0.05, 0) is 18.2 Å². The molecule has 0 amide bonds. The number of H-pyrrole nitrogens is 1. The molecule has 3 aromatic heterocycles. The van der Waals surface area contributed by atoms with Crippen molar-refractivity contribution in [2.24, 2.45) is 7.05 Å². The van der Waals surface area contributed by atoms with Crippen molar-refractivity contribution in [2.75, 3.05) is 0 Å². The summed E-state index contributed by atoms with van der Waals surface area (Å²) in [6.45, 7) is 0. The van der Waals surface area contributed by atoms with Gasteiger partial charge in [-0.3, -0.25) is 14.3 Å². The molecule has 0 spiro atoms. The molecule has 0 radical (unpaired) electrons. The average Bonchev–Trinajstić information content (AvgIpc) is 3.18. The van der Waals surface area contributed by atoms with E-state index in [1.54, 1.807) is 23.3 Å². The van der Waals surface area contributed by atoms with Crippen LogP contribution in [0.1, 0.15) is 0 Å². The Morgan fingerprint density at radius 3 is 3.05 bits per heavy atom. The van der Waals surface area contributed by atoms with Gasteiger partial charge in [0.25, 0.3) is 5.95 Å². The van der Waals surface area contributed by atoms with Gasteiger partial charge in [-0.1, -0.05) is 0 Å². The minimum Gasteiger partial charge on any atom is -0.273 e. The lowest BCUT2D eigenvalue weighted by Crippen LogP contribution is -1.92. The second kappa shape index (κ2) is 4.02. The van der Waals surface area contributed by atoms with E-state index in [2.05, 4.69) is 25.3 Å². The molecule has 0 fully saturated rings. The Hall–Kier alpha value is -2.96. The van der Waals surface area contributed by atoms with Crippen molar-refractivity contribution >= 4 is 10.9 Å². The highest BCUT2D eigenvalue weighted by molar-refractivity contribution is 5.83. The van der Waals surface area contributed by atoms with E-state index in [0.29, 0.717) is 5.95 Å². The van der Waals surface area contributed by atoms with E-state index in [1.165, 1.54) is 0 Å². The number of nitrogens with zero attached hydrogens (tertiary/aromatic N) is 6. The maximum Gasteiger partial charge on any atom is 0.254 e. The van der Waals surface area contributed by atoms with Gasteiger partial charge in [0, 0.05) is 30.4 Å². The van der Waals surface area contributed by atoms with E-state index in [0.717, 1.165) is 22.3 Å². The van der Waals surface area contributed by atoms with Crippen molar-refractivity contribution in [3.8, 4) is 17.3 Å². The fraction of sp³-hybridized carbons (Fsp3) is 0.0769. The molecule has 4 aromatic rings. The monoisotopic (exact) mass is 265 g/mol. The van der Waals surface area contributed by atoms with Crippen LogP contribution in [0.4, 0.5) is 0 Å². The molecule has 1 N–H and O–H groups in total. The fourth-order valence-electron chi connectivity index (χ4n) is 2.19. The number of aromatic nitrogens is 7. The van der Waals surface area contributed by atoms with Crippen LogP contribution < -0.4 is 0 Å². The molecule has 98 valence electrons. The Bertz CT molecular complexity index is 869. The van der Waals surface area contributed by atoms with Crippen molar-refractivity contribution in [3.05, 3.63) is 43.1 Å². The number of aromatic amines is 1. The lowest BCUT2D eigenvalue weighted by atomic mass is 10.1. The SMILES string of the molecule is Cn1ncc2cc(-c3nc(-n4ccnc4)n[nH]3)ccc21. The number of imidazole rings is 1. The first-order chi connectivity index (χ1) is 9.81. The molecule has 0 bridgehead atoms. The summed E-state index contributed by atoms with van der Waals surface area (Å²) in [6, 6.07) is 6.07. The molecule has 0 saturated carbocycles. The third-order valence-corrected chi connectivity index (χ3v) is 3.23. The molecular formula is C13H11N7. The fourth-order valence-corrected chi connectivity index (χ4v) is 2.19. The lowest BCUT2D eigenvalue weighted by Gasteiger charge is -1.97. The first kappa shape index (κ1) is 10.9. The van der Waals surface area contributed by atoms with Crippen molar-refractivity contribution in [2.45, 2.75) is 0 Å². The Balaban J connectivity index is 1.79. The number of aryl methyl sites for hydroxylation is 1. The molecule has 0 aliphatic carbocycles. The normalized spacial score (nSPS) is 11.2. The maximum absolute atomic E-state index is 4.47.